The summed E-state index contributed by atoms with van der Waals surface area (Å²) in [7, 11) is -1.68. The number of benzene rings is 2. The van der Waals surface area contributed by atoms with Crippen LogP contribution in [0.4, 0.5) is 0 Å². The second kappa shape index (κ2) is 9.46. The number of carbonyl (C=O) groups excluding carboxylic acids is 1. The molecule has 0 unspecified atom stereocenters. The Kier molecular flexibility index (Phi) is 7.13. The van der Waals surface area contributed by atoms with Gasteiger partial charge in [0.1, 0.15) is 0 Å². The maximum atomic E-state index is 12.9. The van der Waals surface area contributed by atoms with E-state index in [4.69, 9.17) is 0 Å². The molecule has 0 spiro atoms. The second-order valence-electron chi connectivity index (χ2n) is 7.69. The van der Waals surface area contributed by atoms with Crippen LogP contribution in [0.3, 0.4) is 0 Å². The molecule has 8 heteroatoms. The summed E-state index contributed by atoms with van der Waals surface area (Å²) in [6.07, 6.45) is 1.50. The Hall–Kier alpha value is -2.29. The Bertz CT molecular complexity index is 1260. The molecule has 0 aliphatic carbocycles. The molecular formula is C23H29N3O3S2. The number of amides is 1. The van der Waals surface area contributed by atoms with Gasteiger partial charge in [-0.1, -0.05) is 25.2 Å². The van der Waals surface area contributed by atoms with Gasteiger partial charge < -0.3 is 4.57 Å². The Morgan fingerprint density at radius 1 is 1.03 bits per heavy atom. The zero-order valence-corrected chi connectivity index (χ0v) is 20.3. The summed E-state index contributed by atoms with van der Waals surface area (Å²) in [6, 6.07) is 10.3. The molecule has 0 N–H and O–H groups in total. The fourth-order valence-corrected chi connectivity index (χ4v) is 6.13. The van der Waals surface area contributed by atoms with E-state index in [0.717, 1.165) is 23.1 Å². The van der Waals surface area contributed by atoms with Gasteiger partial charge in [-0.3, -0.25) is 4.79 Å². The van der Waals surface area contributed by atoms with E-state index in [9.17, 15) is 13.2 Å². The highest BCUT2D eigenvalue weighted by Crippen LogP contribution is 2.21. The lowest BCUT2D eigenvalue weighted by atomic mass is 10.1. The number of nitrogens with zero attached hydrogens (tertiary/aromatic N) is 3. The number of carbonyl (C=O) groups is 1. The van der Waals surface area contributed by atoms with Crippen LogP contribution in [-0.4, -0.2) is 36.3 Å². The third-order valence-corrected chi connectivity index (χ3v) is 8.31. The molecule has 3 aromatic rings. The maximum Gasteiger partial charge on any atom is 0.279 e. The van der Waals surface area contributed by atoms with Gasteiger partial charge in [-0.2, -0.15) is 9.30 Å². The largest absolute Gasteiger partial charge is 0.319 e. The maximum absolute atomic E-state index is 12.9. The van der Waals surface area contributed by atoms with Crippen molar-refractivity contribution >= 4 is 37.5 Å². The van der Waals surface area contributed by atoms with E-state index in [2.05, 4.69) is 31.0 Å². The predicted octanol–water partition coefficient (Wildman–Crippen LogP) is 4.41. The summed E-state index contributed by atoms with van der Waals surface area (Å²) >= 11 is 1.46. The number of hydrogen-bond donors (Lipinski definition) is 0. The molecule has 1 amide bonds. The van der Waals surface area contributed by atoms with Gasteiger partial charge in [0.15, 0.2) is 4.80 Å². The number of hydrogen-bond acceptors (Lipinski definition) is 4. The van der Waals surface area contributed by atoms with Crippen molar-refractivity contribution in [3.05, 3.63) is 57.9 Å². The van der Waals surface area contributed by atoms with Gasteiger partial charge in [-0.25, -0.2) is 8.42 Å². The van der Waals surface area contributed by atoms with Gasteiger partial charge >= 0.3 is 0 Å². The van der Waals surface area contributed by atoms with Gasteiger partial charge in [0, 0.05) is 25.7 Å². The van der Waals surface area contributed by atoms with Gasteiger partial charge in [-0.15, -0.1) is 0 Å². The number of sulfonamides is 1. The highest BCUT2D eigenvalue weighted by Gasteiger charge is 2.23. The van der Waals surface area contributed by atoms with Crippen LogP contribution in [0.1, 0.15) is 48.2 Å². The van der Waals surface area contributed by atoms with Crippen molar-refractivity contribution in [3.8, 4) is 0 Å². The summed E-state index contributed by atoms with van der Waals surface area (Å²) in [5.41, 5.74) is 3.79. The molecule has 31 heavy (non-hydrogen) atoms. The van der Waals surface area contributed by atoms with Crippen molar-refractivity contribution in [2.24, 2.45) is 12.0 Å². The van der Waals surface area contributed by atoms with Crippen LogP contribution in [0, 0.1) is 13.8 Å². The molecule has 0 saturated heterocycles. The van der Waals surface area contributed by atoms with Crippen molar-refractivity contribution in [1.29, 1.82) is 0 Å². The van der Waals surface area contributed by atoms with Crippen molar-refractivity contribution in [2.75, 3.05) is 13.1 Å². The molecule has 6 nitrogen and oxygen atoms in total. The Labute approximate surface area is 187 Å². The van der Waals surface area contributed by atoms with Gasteiger partial charge in [0.05, 0.1) is 15.1 Å². The summed E-state index contributed by atoms with van der Waals surface area (Å²) in [5.74, 6) is -0.390. The molecule has 0 bridgehead atoms. The van der Waals surface area contributed by atoms with Gasteiger partial charge in [-0.05, 0) is 74.2 Å². The summed E-state index contributed by atoms with van der Waals surface area (Å²) in [6.45, 7) is 9.00. The fraction of sp³-hybridized carbons (Fsp3) is 0.391. The number of thiazole rings is 1. The fourth-order valence-electron chi connectivity index (χ4n) is 3.41. The topological polar surface area (TPSA) is 71.7 Å². The number of fused-ring (bicyclic) bond motifs is 1. The molecule has 1 heterocycles. The van der Waals surface area contributed by atoms with Crippen molar-refractivity contribution in [2.45, 2.75) is 45.4 Å². The van der Waals surface area contributed by atoms with Crippen molar-refractivity contribution < 1.29 is 13.2 Å². The molecule has 0 fully saturated rings. The lowest BCUT2D eigenvalue weighted by Gasteiger charge is -2.21. The molecule has 0 radical (unpaired) electrons. The molecule has 3 rings (SSSR count). The smallest absolute Gasteiger partial charge is 0.279 e. The molecule has 2 aromatic carbocycles. The first-order chi connectivity index (χ1) is 14.7. The normalized spacial score (nSPS) is 12.8. The summed E-state index contributed by atoms with van der Waals surface area (Å²) in [4.78, 5) is 17.8. The van der Waals surface area contributed by atoms with E-state index in [-0.39, 0.29) is 4.90 Å². The van der Waals surface area contributed by atoms with Gasteiger partial charge in [0.2, 0.25) is 10.0 Å². The molecule has 0 aliphatic heterocycles. The Balaban J connectivity index is 1.92. The first kappa shape index (κ1) is 23.4. The van der Waals surface area contributed by atoms with Crippen LogP contribution in [-0.2, 0) is 17.1 Å². The number of aromatic nitrogens is 1. The average molecular weight is 460 g/mol. The van der Waals surface area contributed by atoms with Crippen LogP contribution in [0.5, 0.6) is 0 Å². The zero-order chi connectivity index (χ0) is 22.8. The standard InChI is InChI=1S/C23H29N3O3S2/c1-6-12-26(13-7-2)31(28,29)19-10-8-18(9-11-19)22(27)24-23-25(5)20-14-16(3)17(4)15-21(20)30-23/h8-11,14-15H,6-7,12-13H2,1-5H3. The Morgan fingerprint density at radius 2 is 1.61 bits per heavy atom. The van der Waals surface area contributed by atoms with E-state index >= 15 is 0 Å². The summed E-state index contributed by atoms with van der Waals surface area (Å²) in [5, 5.41) is 0. The second-order valence-corrected chi connectivity index (χ2v) is 10.6. The molecule has 0 saturated carbocycles. The van der Waals surface area contributed by atoms with E-state index < -0.39 is 15.9 Å². The quantitative estimate of drug-likeness (QED) is 0.525. The molecular weight excluding hydrogens is 430 g/mol. The van der Waals surface area contributed by atoms with E-state index in [1.54, 1.807) is 0 Å². The minimum Gasteiger partial charge on any atom is -0.319 e. The molecule has 166 valence electrons. The lowest BCUT2D eigenvalue weighted by molar-refractivity contribution is 0.0998. The average Bonchev–Trinajstić information content (AvgIpc) is 3.02. The number of rotatable bonds is 7. The SMILES string of the molecule is CCCN(CCC)S(=O)(=O)c1ccc(C(=O)N=c2sc3cc(C)c(C)cc3n2C)cc1. The lowest BCUT2D eigenvalue weighted by Crippen LogP contribution is -2.32. The molecule has 1 aromatic heterocycles. The van der Waals surface area contributed by atoms with E-state index in [0.29, 0.717) is 23.5 Å². The van der Waals surface area contributed by atoms with Crippen molar-refractivity contribution in [1.82, 2.24) is 8.87 Å². The first-order valence-corrected chi connectivity index (χ1v) is 12.7. The minimum absolute atomic E-state index is 0.198. The van der Waals surface area contributed by atoms with Gasteiger partial charge in [0.25, 0.3) is 5.91 Å². The highest BCUT2D eigenvalue weighted by atomic mass is 32.2. The van der Waals surface area contributed by atoms with E-state index in [1.165, 1.54) is 51.0 Å². The van der Waals surface area contributed by atoms with Crippen LogP contribution >= 0.6 is 11.3 Å². The number of aryl methyl sites for hydroxylation is 3. The molecule has 0 atom stereocenters. The zero-order valence-electron chi connectivity index (χ0n) is 18.7. The highest BCUT2D eigenvalue weighted by molar-refractivity contribution is 7.89. The third kappa shape index (κ3) is 4.81. The predicted molar refractivity (Wildman–Crippen MR) is 126 cm³/mol. The van der Waals surface area contributed by atoms with E-state index in [1.807, 2.05) is 25.5 Å². The first-order valence-electron chi connectivity index (χ1n) is 10.4. The van der Waals surface area contributed by atoms with Crippen LogP contribution in [0.15, 0.2) is 46.3 Å². The van der Waals surface area contributed by atoms with Crippen LogP contribution < -0.4 is 4.80 Å². The monoisotopic (exact) mass is 459 g/mol. The minimum atomic E-state index is -3.57. The van der Waals surface area contributed by atoms with Crippen LogP contribution in [0.2, 0.25) is 0 Å². The van der Waals surface area contributed by atoms with Crippen molar-refractivity contribution in [3.63, 3.8) is 0 Å². The third-order valence-electron chi connectivity index (χ3n) is 5.31. The Morgan fingerprint density at radius 3 is 2.19 bits per heavy atom. The summed E-state index contributed by atoms with van der Waals surface area (Å²) < 4.78 is 30.3. The molecule has 0 aliphatic rings. The van der Waals surface area contributed by atoms with Crippen LogP contribution in [0.25, 0.3) is 10.2 Å².